The Labute approximate surface area is 174 Å². The fourth-order valence-electron chi connectivity index (χ4n) is 3.39. The SMILES string of the molecule is CO[C@H]1O[C@@H]2COC(c3ccccc3)O[C@H]2[C@H](OC(=S)Oc2ccccc2)[C@H]1O. The van der Waals surface area contributed by atoms with Crippen molar-refractivity contribution in [3.63, 3.8) is 0 Å². The molecule has 0 bridgehead atoms. The number of para-hydroxylation sites is 1. The number of aliphatic hydroxyl groups excluding tert-OH is 1. The Morgan fingerprint density at radius 3 is 2.41 bits per heavy atom. The van der Waals surface area contributed by atoms with Gasteiger partial charge in [-0.25, -0.2) is 0 Å². The Morgan fingerprint density at radius 1 is 1.03 bits per heavy atom. The van der Waals surface area contributed by atoms with Gasteiger partial charge in [0.2, 0.25) is 0 Å². The molecule has 2 fully saturated rings. The van der Waals surface area contributed by atoms with Crippen LogP contribution in [0.3, 0.4) is 0 Å². The molecule has 7 nitrogen and oxygen atoms in total. The Kier molecular flexibility index (Phi) is 6.39. The molecule has 0 saturated carbocycles. The molecular weight excluding hydrogens is 396 g/mol. The molecule has 0 aromatic heterocycles. The van der Waals surface area contributed by atoms with Crippen LogP contribution in [0.25, 0.3) is 0 Å². The van der Waals surface area contributed by atoms with Crippen LogP contribution >= 0.6 is 12.2 Å². The lowest BCUT2D eigenvalue weighted by Crippen LogP contribution is -2.63. The van der Waals surface area contributed by atoms with Crippen molar-refractivity contribution in [1.29, 1.82) is 0 Å². The lowest BCUT2D eigenvalue weighted by molar-refractivity contribution is -0.356. The zero-order chi connectivity index (χ0) is 20.2. The summed E-state index contributed by atoms with van der Waals surface area (Å²) in [6.07, 6.45) is -4.62. The van der Waals surface area contributed by atoms with Crippen molar-refractivity contribution >= 4 is 17.5 Å². The molecule has 8 heteroatoms. The van der Waals surface area contributed by atoms with Gasteiger partial charge < -0.3 is 33.5 Å². The Morgan fingerprint density at radius 2 is 1.72 bits per heavy atom. The van der Waals surface area contributed by atoms with Crippen molar-refractivity contribution in [2.75, 3.05) is 13.7 Å². The molecule has 2 aliphatic rings. The Hall–Kier alpha value is -2.07. The smallest absolute Gasteiger partial charge is 0.358 e. The molecule has 29 heavy (non-hydrogen) atoms. The number of benzene rings is 2. The average Bonchev–Trinajstić information content (AvgIpc) is 2.76. The summed E-state index contributed by atoms with van der Waals surface area (Å²) in [5.41, 5.74) is 0.858. The van der Waals surface area contributed by atoms with E-state index in [2.05, 4.69) is 0 Å². The second kappa shape index (κ2) is 9.17. The van der Waals surface area contributed by atoms with Crippen molar-refractivity contribution in [1.82, 2.24) is 0 Å². The van der Waals surface area contributed by atoms with Gasteiger partial charge in [-0.15, -0.1) is 0 Å². The van der Waals surface area contributed by atoms with Crippen molar-refractivity contribution in [3.05, 3.63) is 66.2 Å². The van der Waals surface area contributed by atoms with E-state index in [4.69, 9.17) is 40.6 Å². The first-order chi connectivity index (χ1) is 14.2. The van der Waals surface area contributed by atoms with Crippen molar-refractivity contribution in [3.8, 4) is 5.75 Å². The summed E-state index contributed by atoms with van der Waals surface area (Å²) >= 11 is 5.24. The highest BCUT2D eigenvalue weighted by Crippen LogP contribution is 2.35. The lowest BCUT2D eigenvalue weighted by atomic mass is 9.97. The van der Waals surface area contributed by atoms with Crippen LogP contribution in [0.15, 0.2) is 60.7 Å². The van der Waals surface area contributed by atoms with Crippen molar-refractivity contribution < 1.29 is 33.5 Å². The number of aliphatic hydroxyl groups is 1. The molecule has 4 rings (SSSR count). The molecule has 1 N–H and O–H groups in total. The number of methoxy groups -OCH3 is 1. The van der Waals surface area contributed by atoms with Gasteiger partial charge in [-0.05, 0) is 12.1 Å². The van der Waals surface area contributed by atoms with E-state index in [0.29, 0.717) is 5.75 Å². The summed E-state index contributed by atoms with van der Waals surface area (Å²) in [4.78, 5) is 0. The summed E-state index contributed by atoms with van der Waals surface area (Å²) in [5.74, 6) is 0.536. The van der Waals surface area contributed by atoms with Crippen LogP contribution in [0.2, 0.25) is 0 Å². The van der Waals surface area contributed by atoms with E-state index in [0.717, 1.165) is 5.56 Å². The minimum absolute atomic E-state index is 0.123. The van der Waals surface area contributed by atoms with Gasteiger partial charge in [0.15, 0.2) is 18.7 Å². The molecule has 1 unspecified atom stereocenters. The number of fused-ring (bicyclic) bond motifs is 1. The second-order valence-electron chi connectivity index (χ2n) is 6.69. The first kappa shape index (κ1) is 20.2. The lowest BCUT2D eigenvalue weighted by Gasteiger charge is -2.47. The molecule has 2 saturated heterocycles. The van der Waals surface area contributed by atoms with E-state index >= 15 is 0 Å². The molecule has 0 aliphatic carbocycles. The number of thiocarbonyl (C=S) groups is 1. The fourth-order valence-corrected chi connectivity index (χ4v) is 3.60. The summed E-state index contributed by atoms with van der Waals surface area (Å²) in [6.45, 7) is 0.253. The van der Waals surface area contributed by atoms with Gasteiger partial charge in [-0.3, -0.25) is 0 Å². The fraction of sp³-hybridized carbons (Fsp3) is 0.381. The topological polar surface area (TPSA) is 75.6 Å². The van der Waals surface area contributed by atoms with Gasteiger partial charge in [-0.2, -0.15) is 0 Å². The van der Waals surface area contributed by atoms with E-state index in [1.807, 2.05) is 48.5 Å². The maximum absolute atomic E-state index is 10.7. The predicted octanol–water partition coefficient (Wildman–Crippen LogP) is 2.58. The van der Waals surface area contributed by atoms with Crippen LogP contribution < -0.4 is 4.74 Å². The maximum Gasteiger partial charge on any atom is 0.358 e. The molecule has 2 aromatic carbocycles. The highest BCUT2D eigenvalue weighted by molar-refractivity contribution is 7.79. The number of ether oxygens (including phenoxy) is 6. The largest absolute Gasteiger partial charge is 0.447 e. The Balaban J connectivity index is 1.51. The van der Waals surface area contributed by atoms with Crippen molar-refractivity contribution in [2.45, 2.75) is 37.0 Å². The number of hydrogen-bond acceptors (Lipinski definition) is 8. The molecule has 0 radical (unpaired) electrons. The van der Waals surface area contributed by atoms with Gasteiger partial charge >= 0.3 is 5.24 Å². The third kappa shape index (κ3) is 4.58. The highest BCUT2D eigenvalue weighted by Gasteiger charge is 2.51. The third-order valence-corrected chi connectivity index (χ3v) is 4.97. The van der Waals surface area contributed by atoms with Gasteiger partial charge in [0, 0.05) is 24.9 Å². The molecular formula is C21H22O7S. The van der Waals surface area contributed by atoms with Crippen LogP contribution in [-0.2, 0) is 23.7 Å². The van der Waals surface area contributed by atoms with Crippen LogP contribution in [-0.4, -0.2) is 54.8 Å². The molecule has 2 heterocycles. The number of rotatable bonds is 4. The normalized spacial score (nSPS) is 31.5. The molecule has 6 atom stereocenters. The molecule has 2 aliphatic heterocycles. The van der Waals surface area contributed by atoms with Gasteiger partial charge in [0.1, 0.15) is 24.1 Å². The maximum atomic E-state index is 10.7. The zero-order valence-electron chi connectivity index (χ0n) is 15.7. The third-order valence-electron chi connectivity index (χ3n) is 4.79. The number of hydrogen-bond donors (Lipinski definition) is 1. The summed E-state index contributed by atoms with van der Waals surface area (Å²) in [7, 11) is 1.45. The van der Waals surface area contributed by atoms with E-state index in [1.54, 1.807) is 12.1 Å². The van der Waals surface area contributed by atoms with Crippen LogP contribution in [0, 0.1) is 0 Å². The Bertz CT molecular complexity index is 803. The van der Waals surface area contributed by atoms with Gasteiger partial charge in [-0.1, -0.05) is 48.5 Å². The minimum atomic E-state index is -1.13. The average molecular weight is 418 g/mol. The first-order valence-electron chi connectivity index (χ1n) is 9.27. The molecule has 0 amide bonds. The van der Waals surface area contributed by atoms with E-state index in [9.17, 15) is 5.11 Å². The molecule has 2 aromatic rings. The van der Waals surface area contributed by atoms with Crippen molar-refractivity contribution in [2.24, 2.45) is 0 Å². The zero-order valence-corrected chi connectivity index (χ0v) is 16.6. The predicted molar refractivity (Wildman–Crippen MR) is 106 cm³/mol. The molecule has 154 valence electrons. The highest BCUT2D eigenvalue weighted by atomic mass is 32.1. The standard InChI is InChI=1S/C21H22O7S/c1-23-20-16(22)18(28-21(29)25-14-10-6-3-7-11-14)17-15(26-20)12-24-19(27-17)13-8-4-2-5-9-13/h2-11,15-20,22H,12H2,1H3/t15-,16-,17-,18-,19?,20+/m1/s1. The first-order valence-corrected chi connectivity index (χ1v) is 9.68. The van der Waals surface area contributed by atoms with E-state index < -0.39 is 37.0 Å². The molecule has 0 spiro atoms. The van der Waals surface area contributed by atoms with E-state index in [-0.39, 0.29) is 11.8 Å². The summed E-state index contributed by atoms with van der Waals surface area (Å²) in [6, 6.07) is 18.6. The quantitative estimate of drug-likeness (QED) is 0.760. The summed E-state index contributed by atoms with van der Waals surface area (Å²) < 4.78 is 34.3. The van der Waals surface area contributed by atoms with Crippen LogP contribution in [0.4, 0.5) is 0 Å². The van der Waals surface area contributed by atoms with Crippen LogP contribution in [0.5, 0.6) is 5.75 Å². The summed E-state index contributed by atoms with van der Waals surface area (Å²) in [5, 5.41) is 10.6. The van der Waals surface area contributed by atoms with E-state index in [1.165, 1.54) is 7.11 Å². The second-order valence-corrected chi connectivity index (χ2v) is 7.03. The minimum Gasteiger partial charge on any atom is -0.447 e. The van der Waals surface area contributed by atoms with Crippen LogP contribution in [0.1, 0.15) is 11.9 Å². The monoisotopic (exact) mass is 418 g/mol. The van der Waals surface area contributed by atoms with Gasteiger partial charge in [0.25, 0.3) is 0 Å². The van der Waals surface area contributed by atoms with Gasteiger partial charge in [0.05, 0.1) is 6.61 Å².